The SMILES string of the molecule is CN1Cc2cc(N)ccc2C(O)C1. The number of nitrogens with two attached hydrogens (primary N) is 1. The second-order valence-corrected chi connectivity index (χ2v) is 3.67. The molecule has 0 aliphatic carbocycles. The predicted octanol–water partition coefficient (Wildman–Crippen LogP) is 0.748. The van der Waals surface area contributed by atoms with Crippen LogP contribution in [0.3, 0.4) is 0 Å². The van der Waals surface area contributed by atoms with Crippen molar-refractivity contribution in [2.45, 2.75) is 12.6 Å². The zero-order chi connectivity index (χ0) is 9.42. The molecule has 2 rings (SSSR count). The van der Waals surface area contributed by atoms with Gasteiger partial charge in [-0.2, -0.15) is 0 Å². The largest absolute Gasteiger partial charge is 0.399 e. The van der Waals surface area contributed by atoms with Gasteiger partial charge in [0.25, 0.3) is 0 Å². The third-order valence-corrected chi connectivity index (χ3v) is 2.45. The summed E-state index contributed by atoms with van der Waals surface area (Å²) in [4.78, 5) is 2.09. The van der Waals surface area contributed by atoms with Gasteiger partial charge in [0.2, 0.25) is 0 Å². The molecule has 1 aromatic rings. The minimum absolute atomic E-state index is 0.366. The minimum atomic E-state index is -0.366. The first-order valence-electron chi connectivity index (χ1n) is 4.42. The van der Waals surface area contributed by atoms with Gasteiger partial charge in [0.1, 0.15) is 0 Å². The van der Waals surface area contributed by atoms with Crippen LogP contribution in [-0.2, 0) is 6.54 Å². The molecule has 3 heteroatoms. The lowest BCUT2D eigenvalue weighted by Crippen LogP contribution is -2.30. The molecule has 1 aromatic carbocycles. The second kappa shape index (κ2) is 3.01. The van der Waals surface area contributed by atoms with Gasteiger partial charge in [-0.1, -0.05) is 6.07 Å². The lowest BCUT2D eigenvalue weighted by atomic mass is 9.97. The van der Waals surface area contributed by atoms with Crippen LogP contribution < -0.4 is 5.73 Å². The third kappa shape index (κ3) is 1.53. The maximum Gasteiger partial charge on any atom is 0.0920 e. The molecule has 1 atom stereocenters. The van der Waals surface area contributed by atoms with Gasteiger partial charge >= 0.3 is 0 Å². The Morgan fingerprint density at radius 2 is 2.31 bits per heavy atom. The summed E-state index contributed by atoms with van der Waals surface area (Å²) in [5.41, 5.74) is 8.60. The van der Waals surface area contributed by atoms with E-state index >= 15 is 0 Å². The number of hydrogen-bond donors (Lipinski definition) is 2. The van der Waals surface area contributed by atoms with Crippen molar-refractivity contribution in [3.05, 3.63) is 29.3 Å². The Bertz CT molecular complexity index is 325. The van der Waals surface area contributed by atoms with E-state index in [0.717, 1.165) is 23.4 Å². The number of β-amino-alcohol motifs (C(OH)–C–C–N with tert-alkyl or cyclic N) is 1. The van der Waals surface area contributed by atoms with Gasteiger partial charge in [0.15, 0.2) is 0 Å². The zero-order valence-electron chi connectivity index (χ0n) is 7.70. The van der Waals surface area contributed by atoms with Gasteiger partial charge in [0.05, 0.1) is 6.10 Å². The van der Waals surface area contributed by atoms with E-state index in [1.807, 2.05) is 25.2 Å². The maximum absolute atomic E-state index is 9.74. The molecule has 0 bridgehead atoms. The number of likely N-dealkylation sites (N-methyl/N-ethyl adjacent to an activating group) is 1. The molecule has 0 radical (unpaired) electrons. The summed E-state index contributed by atoms with van der Waals surface area (Å²) in [6, 6.07) is 5.70. The van der Waals surface area contributed by atoms with Crippen molar-refractivity contribution in [3.8, 4) is 0 Å². The number of nitrogens with zero attached hydrogens (tertiary/aromatic N) is 1. The number of nitrogen functional groups attached to an aromatic ring is 1. The number of hydrogen-bond acceptors (Lipinski definition) is 3. The summed E-state index contributed by atoms with van der Waals surface area (Å²) in [6.07, 6.45) is -0.366. The second-order valence-electron chi connectivity index (χ2n) is 3.67. The van der Waals surface area contributed by atoms with Gasteiger partial charge in [0, 0.05) is 18.8 Å². The van der Waals surface area contributed by atoms with Crippen molar-refractivity contribution in [2.75, 3.05) is 19.3 Å². The number of aliphatic hydroxyl groups is 1. The highest BCUT2D eigenvalue weighted by Crippen LogP contribution is 2.26. The molecule has 0 saturated heterocycles. The van der Waals surface area contributed by atoms with Crippen LogP contribution in [0, 0.1) is 0 Å². The van der Waals surface area contributed by atoms with Crippen LogP contribution in [0.5, 0.6) is 0 Å². The molecule has 13 heavy (non-hydrogen) atoms. The first kappa shape index (κ1) is 8.53. The van der Waals surface area contributed by atoms with Gasteiger partial charge in [-0.15, -0.1) is 0 Å². The van der Waals surface area contributed by atoms with Gasteiger partial charge < -0.3 is 10.8 Å². The number of fused-ring (bicyclic) bond motifs is 1. The van der Waals surface area contributed by atoms with E-state index in [9.17, 15) is 5.11 Å². The normalized spacial score (nSPS) is 22.8. The Hall–Kier alpha value is -1.06. The minimum Gasteiger partial charge on any atom is -0.399 e. The molecule has 3 N–H and O–H groups in total. The number of aliphatic hydroxyl groups excluding tert-OH is 1. The van der Waals surface area contributed by atoms with E-state index in [-0.39, 0.29) is 6.10 Å². The van der Waals surface area contributed by atoms with Gasteiger partial charge in [-0.05, 0) is 30.3 Å². The number of benzene rings is 1. The lowest BCUT2D eigenvalue weighted by molar-refractivity contribution is 0.108. The first-order chi connectivity index (χ1) is 6.16. The predicted molar refractivity (Wildman–Crippen MR) is 52.1 cm³/mol. The number of anilines is 1. The van der Waals surface area contributed by atoms with E-state index in [1.165, 1.54) is 0 Å². The Morgan fingerprint density at radius 3 is 3.08 bits per heavy atom. The molecule has 0 amide bonds. The van der Waals surface area contributed by atoms with Crippen LogP contribution in [-0.4, -0.2) is 23.6 Å². The summed E-state index contributed by atoms with van der Waals surface area (Å²) in [5, 5.41) is 9.74. The van der Waals surface area contributed by atoms with Crippen LogP contribution in [0.1, 0.15) is 17.2 Å². The molecule has 1 heterocycles. The summed E-state index contributed by atoms with van der Waals surface area (Å²) < 4.78 is 0. The van der Waals surface area contributed by atoms with E-state index in [1.54, 1.807) is 0 Å². The molecule has 0 spiro atoms. The Labute approximate surface area is 77.8 Å². The van der Waals surface area contributed by atoms with E-state index in [4.69, 9.17) is 5.73 Å². The first-order valence-corrected chi connectivity index (χ1v) is 4.42. The fourth-order valence-electron chi connectivity index (χ4n) is 1.84. The summed E-state index contributed by atoms with van der Waals surface area (Å²) in [7, 11) is 2.00. The zero-order valence-corrected chi connectivity index (χ0v) is 7.70. The Morgan fingerprint density at radius 1 is 1.54 bits per heavy atom. The molecule has 1 aliphatic rings. The molecule has 0 aromatic heterocycles. The van der Waals surface area contributed by atoms with Crippen LogP contribution in [0.15, 0.2) is 18.2 Å². The average Bonchev–Trinajstić information content (AvgIpc) is 2.02. The quantitative estimate of drug-likeness (QED) is 0.576. The molecule has 1 unspecified atom stereocenters. The fourth-order valence-corrected chi connectivity index (χ4v) is 1.84. The fraction of sp³-hybridized carbons (Fsp3) is 0.400. The van der Waals surface area contributed by atoms with Gasteiger partial charge in [-0.3, -0.25) is 4.90 Å². The van der Waals surface area contributed by atoms with Crippen LogP contribution in [0.25, 0.3) is 0 Å². The van der Waals surface area contributed by atoms with Crippen molar-refractivity contribution in [1.82, 2.24) is 4.90 Å². The molecule has 1 aliphatic heterocycles. The maximum atomic E-state index is 9.74. The molecule has 70 valence electrons. The van der Waals surface area contributed by atoms with E-state index in [0.29, 0.717) is 6.54 Å². The van der Waals surface area contributed by atoms with E-state index in [2.05, 4.69) is 4.90 Å². The average molecular weight is 178 g/mol. The standard InChI is InChI=1S/C10H14N2O/c1-12-5-7-4-8(11)2-3-9(7)10(13)6-12/h2-4,10,13H,5-6,11H2,1H3. The highest BCUT2D eigenvalue weighted by atomic mass is 16.3. The Kier molecular flexibility index (Phi) is 1.98. The van der Waals surface area contributed by atoms with Crippen LogP contribution in [0.2, 0.25) is 0 Å². The molecular weight excluding hydrogens is 164 g/mol. The lowest BCUT2D eigenvalue weighted by Gasteiger charge is -2.29. The Balaban J connectivity index is 2.43. The number of rotatable bonds is 0. The summed E-state index contributed by atoms with van der Waals surface area (Å²) in [5.74, 6) is 0. The van der Waals surface area contributed by atoms with E-state index < -0.39 is 0 Å². The summed E-state index contributed by atoms with van der Waals surface area (Å²) in [6.45, 7) is 1.58. The molecular formula is C10H14N2O. The topological polar surface area (TPSA) is 49.5 Å². The van der Waals surface area contributed by atoms with Crippen molar-refractivity contribution in [3.63, 3.8) is 0 Å². The van der Waals surface area contributed by atoms with Crippen molar-refractivity contribution in [2.24, 2.45) is 0 Å². The third-order valence-electron chi connectivity index (χ3n) is 2.45. The van der Waals surface area contributed by atoms with Crippen molar-refractivity contribution in [1.29, 1.82) is 0 Å². The van der Waals surface area contributed by atoms with Crippen LogP contribution >= 0.6 is 0 Å². The smallest absolute Gasteiger partial charge is 0.0920 e. The highest BCUT2D eigenvalue weighted by molar-refractivity contribution is 5.46. The van der Waals surface area contributed by atoms with Crippen molar-refractivity contribution < 1.29 is 5.11 Å². The highest BCUT2D eigenvalue weighted by Gasteiger charge is 2.20. The van der Waals surface area contributed by atoms with Gasteiger partial charge in [-0.25, -0.2) is 0 Å². The summed E-state index contributed by atoms with van der Waals surface area (Å²) >= 11 is 0. The molecule has 0 saturated carbocycles. The molecule has 0 fully saturated rings. The van der Waals surface area contributed by atoms with Crippen LogP contribution in [0.4, 0.5) is 5.69 Å². The van der Waals surface area contributed by atoms with Crippen molar-refractivity contribution >= 4 is 5.69 Å². The molecule has 3 nitrogen and oxygen atoms in total. The monoisotopic (exact) mass is 178 g/mol.